The zero-order valence-electron chi connectivity index (χ0n) is 21.7. The summed E-state index contributed by atoms with van der Waals surface area (Å²) in [4.78, 5) is 31.8. The molecule has 10 nitrogen and oxygen atoms in total. The molecule has 2 aliphatic rings. The van der Waals surface area contributed by atoms with E-state index in [2.05, 4.69) is 10.4 Å². The van der Waals surface area contributed by atoms with E-state index in [4.69, 9.17) is 14.9 Å². The van der Waals surface area contributed by atoms with E-state index in [1.165, 1.54) is 17.1 Å². The molecule has 1 amide bonds. The highest BCUT2D eigenvalue weighted by atomic mass is 19.1. The highest BCUT2D eigenvalue weighted by Crippen LogP contribution is 2.34. The van der Waals surface area contributed by atoms with Crippen molar-refractivity contribution < 1.29 is 38.8 Å². The topological polar surface area (TPSA) is 149 Å². The first-order chi connectivity index (χ1) is 18.5. The first-order valence-electron chi connectivity index (χ1n) is 12.5. The molecule has 4 N–H and O–H groups in total. The van der Waals surface area contributed by atoms with Gasteiger partial charge in [-0.05, 0) is 54.8 Å². The minimum absolute atomic E-state index is 0.0293. The highest BCUT2D eigenvalue weighted by molar-refractivity contribution is 6.11. The quantitative estimate of drug-likeness (QED) is 0.354. The van der Waals surface area contributed by atoms with Crippen molar-refractivity contribution in [3.8, 4) is 5.75 Å². The van der Waals surface area contributed by atoms with Crippen molar-refractivity contribution in [1.82, 2.24) is 5.32 Å². The summed E-state index contributed by atoms with van der Waals surface area (Å²) in [6, 6.07) is 12.1. The van der Waals surface area contributed by atoms with E-state index < -0.39 is 18.0 Å². The van der Waals surface area contributed by atoms with Gasteiger partial charge >= 0.3 is 11.9 Å². The van der Waals surface area contributed by atoms with Gasteiger partial charge in [-0.2, -0.15) is 5.10 Å². The van der Waals surface area contributed by atoms with Crippen LogP contribution < -0.4 is 15.1 Å². The van der Waals surface area contributed by atoms with Crippen LogP contribution in [-0.2, 0) is 20.8 Å². The zero-order valence-corrected chi connectivity index (χ0v) is 21.7. The van der Waals surface area contributed by atoms with E-state index in [9.17, 15) is 23.9 Å². The van der Waals surface area contributed by atoms with Crippen LogP contribution in [0.5, 0.6) is 5.75 Å². The van der Waals surface area contributed by atoms with Crippen molar-refractivity contribution in [3.05, 3.63) is 71.6 Å². The number of carbonyl (C=O) groups is 3. The van der Waals surface area contributed by atoms with Crippen molar-refractivity contribution >= 4 is 29.2 Å². The van der Waals surface area contributed by atoms with Crippen molar-refractivity contribution in [2.45, 2.75) is 45.3 Å². The van der Waals surface area contributed by atoms with Crippen LogP contribution in [0.2, 0.25) is 0 Å². The lowest BCUT2D eigenvalue weighted by atomic mass is 9.79. The van der Waals surface area contributed by atoms with Crippen LogP contribution in [-0.4, -0.2) is 64.2 Å². The maximum Gasteiger partial charge on any atom is 0.328 e. The fourth-order valence-electron chi connectivity index (χ4n) is 4.14. The van der Waals surface area contributed by atoms with Crippen molar-refractivity contribution in [1.29, 1.82) is 0 Å². The lowest BCUT2D eigenvalue weighted by Crippen LogP contribution is -2.39. The van der Waals surface area contributed by atoms with Gasteiger partial charge in [-0.25, -0.2) is 19.0 Å². The maximum atomic E-state index is 13.8. The number of fused-ring (bicyclic) bond motifs is 3. The van der Waals surface area contributed by atoms with Gasteiger partial charge in [0.25, 0.3) is 0 Å². The summed E-state index contributed by atoms with van der Waals surface area (Å²) < 4.78 is 19.5. The molecular weight excluding hydrogens is 509 g/mol. The molecule has 0 saturated heterocycles. The average molecular weight is 542 g/mol. The lowest BCUT2D eigenvalue weighted by molar-refractivity contribution is -0.134. The van der Waals surface area contributed by atoms with Gasteiger partial charge in [0.15, 0.2) is 0 Å². The molecule has 2 aromatic rings. The average Bonchev–Trinajstić information content (AvgIpc) is 2.89. The number of benzene rings is 2. The van der Waals surface area contributed by atoms with Gasteiger partial charge in [0.1, 0.15) is 24.3 Å². The Morgan fingerprint density at radius 3 is 2.44 bits per heavy atom. The molecule has 0 fully saturated rings. The minimum Gasteiger partial charge on any atom is -0.491 e. The molecule has 2 aromatic carbocycles. The van der Waals surface area contributed by atoms with E-state index in [1.54, 1.807) is 30.3 Å². The van der Waals surface area contributed by atoms with Gasteiger partial charge in [0, 0.05) is 42.6 Å². The molecule has 0 radical (unpaired) electrons. The van der Waals surface area contributed by atoms with Crippen molar-refractivity contribution in [3.63, 3.8) is 0 Å². The number of hydrogen-bond donors (Lipinski definition) is 4. The summed E-state index contributed by atoms with van der Waals surface area (Å²) in [7, 11) is 0. The number of rotatable bonds is 9. The number of ether oxygens (including phenoxy) is 1. The maximum absolute atomic E-state index is 13.8. The smallest absolute Gasteiger partial charge is 0.328 e. The van der Waals surface area contributed by atoms with Gasteiger partial charge in [0.05, 0.1) is 11.4 Å². The lowest BCUT2D eigenvalue weighted by Gasteiger charge is -2.33. The van der Waals surface area contributed by atoms with Gasteiger partial charge in [0.2, 0.25) is 5.91 Å². The second-order valence-corrected chi connectivity index (χ2v) is 9.46. The SMILES string of the molecule is CC(C)NCC(O)COc1ccc(N2N=C3c4cc(F)ccc4CCC3CC2=O)cc1.O=C(O)C=CC(=O)O. The van der Waals surface area contributed by atoms with E-state index in [1.807, 2.05) is 13.8 Å². The number of hydrogen-bond acceptors (Lipinski definition) is 7. The third-order valence-corrected chi connectivity index (χ3v) is 6.02. The number of carbonyl (C=O) groups excluding carboxylic acids is 1. The predicted molar refractivity (Wildman–Crippen MR) is 142 cm³/mol. The van der Waals surface area contributed by atoms with Gasteiger partial charge < -0.3 is 25.4 Å². The minimum atomic E-state index is -1.26. The number of halogens is 1. The normalized spacial score (nSPS) is 17.1. The Morgan fingerprint density at radius 2 is 1.82 bits per heavy atom. The van der Waals surface area contributed by atoms with Crippen LogP contribution in [0.1, 0.15) is 37.8 Å². The molecule has 1 heterocycles. The monoisotopic (exact) mass is 541 g/mol. The van der Waals surface area contributed by atoms with E-state index in [0.717, 1.165) is 29.7 Å². The number of nitrogens with zero attached hydrogens (tertiary/aromatic N) is 2. The molecule has 2 unspecified atom stereocenters. The summed E-state index contributed by atoms with van der Waals surface area (Å²) in [5, 5.41) is 34.8. The Bertz CT molecular complexity index is 1230. The number of aliphatic carboxylic acids is 2. The number of carboxylic acid groups (broad SMARTS) is 2. The summed E-state index contributed by atoms with van der Waals surface area (Å²) >= 11 is 0. The molecule has 1 aliphatic heterocycles. The number of anilines is 1. The highest BCUT2D eigenvalue weighted by Gasteiger charge is 2.34. The van der Waals surface area contributed by atoms with Crippen LogP contribution in [0.15, 0.2) is 59.7 Å². The first-order valence-corrected chi connectivity index (χ1v) is 12.5. The van der Waals surface area contributed by atoms with Crippen LogP contribution in [0.3, 0.4) is 0 Å². The number of hydrazone groups is 1. The number of nitrogens with one attached hydrogen (secondary N) is 1. The molecule has 0 saturated carbocycles. The molecule has 0 spiro atoms. The third kappa shape index (κ3) is 8.72. The second kappa shape index (κ2) is 13.6. The van der Waals surface area contributed by atoms with Crippen molar-refractivity contribution in [2.75, 3.05) is 18.2 Å². The number of aryl methyl sites for hydroxylation is 1. The third-order valence-electron chi connectivity index (χ3n) is 6.02. The van der Waals surface area contributed by atoms with Crippen LogP contribution in [0, 0.1) is 11.7 Å². The fraction of sp³-hybridized carbons (Fsp3) is 0.357. The van der Waals surface area contributed by atoms with Crippen LogP contribution in [0.4, 0.5) is 10.1 Å². The Balaban J connectivity index is 0.000000459. The summed E-state index contributed by atoms with van der Waals surface area (Å²) in [5.74, 6) is -2.25. The summed E-state index contributed by atoms with van der Waals surface area (Å²) in [6.45, 7) is 4.66. The number of carboxylic acids is 2. The van der Waals surface area contributed by atoms with Gasteiger partial charge in [-0.15, -0.1) is 0 Å². The molecule has 0 aromatic heterocycles. The van der Waals surface area contributed by atoms with Gasteiger partial charge in [-0.3, -0.25) is 4.79 Å². The molecule has 1 aliphatic carbocycles. The molecule has 0 bridgehead atoms. The molecule has 4 rings (SSSR count). The number of amides is 1. The predicted octanol–water partition coefficient (Wildman–Crippen LogP) is 2.98. The van der Waals surface area contributed by atoms with E-state index in [0.29, 0.717) is 42.6 Å². The summed E-state index contributed by atoms with van der Waals surface area (Å²) in [6.07, 6.45) is 2.54. The molecule has 208 valence electrons. The van der Waals surface area contributed by atoms with Gasteiger partial charge in [-0.1, -0.05) is 19.9 Å². The Morgan fingerprint density at radius 1 is 1.15 bits per heavy atom. The summed E-state index contributed by atoms with van der Waals surface area (Å²) in [5.41, 5.74) is 3.29. The second-order valence-electron chi connectivity index (χ2n) is 9.46. The van der Waals surface area contributed by atoms with Crippen molar-refractivity contribution in [2.24, 2.45) is 11.0 Å². The van der Waals surface area contributed by atoms with Crippen LogP contribution in [0.25, 0.3) is 0 Å². The first kappa shape index (κ1) is 29.5. The Hall–Kier alpha value is -4.09. The molecule has 2 atom stereocenters. The standard InChI is InChI=1S/C24H28FN3O3.C4H4O4/c1-15(2)26-13-20(29)14-31-21-9-7-19(8-10-21)28-23(30)11-17-4-3-16-5-6-18(25)12-22(16)24(17)27-28;5-3(6)1-2-4(7)8/h5-10,12,15,17,20,26,29H,3-4,11,13-14H2,1-2H3;1-2H,(H,5,6)(H,7,8). The largest absolute Gasteiger partial charge is 0.491 e. The van der Waals surface area contributed by atoms with Crippen LogP contribution >= 0.6 is 0 Å². The Labute approximate surface area is 225 Å². The molecule has 39 heavy (non-hydrogen) atoms. The number of aliphatic hydroxyl groups is 1. The number of aliphatic hydroxyl groups excluding tert-OH is 1. The van der Waals surface area contributed by atoms with E-state index >= 15 is 0 Å². The zero-order chi connectivity index (χ0) is 28.5. The fourth-order valence-corrected chi connectivity index (χ4v) is 4.14. The molecule has 11 heteroatoms. The molecular formula is C28H32FN3O7. The van der Waals surface area contributed by atoms with E-state index in [-0.39, 0.29) is 24.2 Å². The Kier molecular flexibility index (Phi) is 10.3.